The molecule has 1 N–H and O–H groups in total. The van der Waals surface area contributed by atoms with E-state index in [1.807, 2.05) is 24.4 Å². The molecule has 2 heterocycles. The lowest BCUT2D eigenvalue weighted by molar-refractivity contribution is -0.122. The number of carbonyl (C=O) groups is 1. The third-order valence-corrected chi connectivity index (χ3v) is 5.02. The van der Waals surface area contributed by atoms with Gasteiger partial charge in [-0.15, -0.1) is 0 Å². The number of halogens is 1. The highest BCUT2D eigenvalue weighted by Gasteiger charge is 2.20. The molecular weight excluding hydrogens is 352 g/mol. The van der Waals surface area contributed by atoms with Crippen molar-refractivity contribution in [3.63, 3.8) is 0 Å². The molecular formula is C19H25ClN4O2. The molecule has 1 saturated heterocycles. The van der Waals surface area contributed by atoms with Crippen molar-refractivity contribution in [1.29, 1.82) is 0 Å². The molecule has 6 nitrogen and oxygen atoms in total. The Hall–Kier alpha value is -1.73. The summed E-state index contributed by atoms with van der Waals surface area (Å²) in [5.41, 5.74) is 2.05. The van der Waals surface area contributed by atoms with Gasteiger partial charge < -0.3 is 10.1 Å². The van der Waals surface area contributed by atoms with Crippen LogP contribution in [0.15, 0.2) is 30.5 Å². The smallest absolute Gasteiger partial charge is 0.234 e. The van der Waals surface area contributed by atoms with Gasteiger partial charge in [0.2, 0.25) is 5.91 Å². The largest absolute Gasteiger partial charge is 0.383 e. The van der Waals surface area contributed by atoms with E-state index in [1.54, 1.807) is 7.11 Å². The van der Waals surface area contributed by atoms with Gasteiger partial charge in [-0.2, -0.15) is 0 Å². The van der Waals surface area contributed by atoms with Crippen LogP contribution < -0.4 is 5.32 Å². The summed E-state index contributed by atoms with van der Waals surface area (Å²) in [5, 5.41) is 4.73. The fourth-order valence-electron chi connectivity index (χ4n) is 3.21. The molecule has 140 valence electrons. The van der Waals surface area contributed by atoms with E-state index in [1.165, 1.54) is 0 Å². The standard InChI is InChI=1S/C19H25ClN4O2/c1-26-12-7-21-18(25)14-24-10-8-23(9-11-24)13-16-17(20)5-4-15-3-2-6-22-19(15)16/h2-6H,7-14H2,1H3,(H,21,25). The van der Waals surface area contributed by atoms with E-state index in [2.05, 4.69) is 26.2 Å². The molecule has 0 atom stereocenters. The number of fused-ring (bicyclic) bond motifs is 1. The number of aromatic nitrogens is 1. The van der Waals surface area contributed by atoms with Gasteiger partial charge >= 0.3 is 0 Å². The Morgan fingerprint density at radius 2 is 2.00 bits per heavy atom. The first-order valence-electron chi connectivity index (χ1n) is 8.90. The van der Waals surface area contributed by atoms with Crippen LogP contribution in [-0.2, 0) is 16.1 Å². The van der Waals surface area contributed by atoms with Crippen LogP contribution in [0.3, 0.4) is 0 Å². The molecule has 26 heavy (non-hydrogen) atoms. The average molecular weight is 377 g/mol. The van der Waals surface area contributed by atoms with Crippen molar-refractivity contribution >= 4 is 28.4 Å². The van der Waals surface area contributed by atoms with Gasteiger partial charge in [0, 0.05) is 68.5 Å². The van der Waals surface area contributed by atoms with Crippen LogP contribution in [0.25, 0.3) is 10.9 Å². The van der Waals surface area contributed by atoms with Gasteiger partial charge in [-0.25, -0.2) is 0 Å². The Balaban J connectivity index is 1.53. The summed E-state index contributed by atoms with van der Waals surface area (Å²) >= 11 is 6.44. The molecule has 1 aliphatic heterocycles. The Kier molecular flexibility index (Phi) is 6.80. The minimum Gasteiger partial charge on any atom is -0.383 e. The van der Waals surface area contributed by atoms with E-state index in [-0.39, 0.29) is 5.91 Å². The molecule has 1 aliphatic rings. The average Bonchev–Trinajstić information content (AvgIpc) is 2.66. The summed E-state index contributed by atoms with van der Waals surface area (Å²) in [4.78, 5) is 21.0. The normalized spacial score (nSPS) is 16.1. The number of methoxy groups -OCH3 is 1. The highest BCUT2D eigenvalue weighted by atomic mass is 35.5. The number of carbonyl (C=O) groups excluding carboxylic acids is 1. The minimum atomic E-state index is 0.0526. The third kappa shape index (κ3) is 4.92. The van der Waals surface area contributed by atoms with Gasteiger partial charge in [-0.1, -0.05) is 23.7 Å². The topological polar surface area (TPSA) is 57.7 Å². The highest BCUT2D eigenvalue weighted by Crippen LogP contribution is 2.26. The molecule has 3 rings (SSSR count). The van der Waals surface area contributed by atoms with Crippen molar-refractivity contribution < 1.29 is 9.53 Å². The maximum Gasteiger partial charge on any atom is 0.234 e. The van der Waals surface area contributed by atoms with Crippen molar-refractivity contribution in [2.75, 3.05) is 53.0 Å². The molecule has 0 unspecified atom stereocenters. The predicted molar refractivity (Wildman–Crippen MR) is 103 cm³/mol. The number of piperazine rings is 1. The third-order valence-electron chi connectivity index (χ3n) is 4.66. The quantitative estimate of drug-likeness (QED) is 0.746. The van der Waals surface area contributed by atoms with E-state index in [9.17, 15) is 4.79 Å². The Morgan fingerprint density at radius 3 is 2.77 bits per heavy atom. The number of nitrogens with zero attached hydrogens (tertiary/aromatic N) is 3. The Bertz CT molecular complexity index is 747. The number of hydrogen-bond acceptors (Lipinski definition) is 5. The number of rotatable bonds is 7. The Morgan fingerprint density at radius 1 is 1.23 bits per heavy atom. The Labute approximate surface area is 159 Å². The van der Waals surface area contributed by atoms with Gasteiger partial charge in [0.25, 0.3) is 0 Å². The monoisotopic (exact) mass is 376 g/mol. The highest BCUT2D eigenvalue weighted by molar-refractivity contribution is 6.32. The number of nitrogens with one attached hydrogen (secondary N) is 1. The second-order valence-electron chi connectivity index (χ2n) is 6.50. The number of pyridine rings is 1. The molecule has 1 aromatic heterocycles. The number of benzene rings is 1. The zero-order valence-corrected chi connectivity index (χ0v) is 15.8. The summed E-state index contributed by atoms with van der Waals surface area (Å²) in [6.45, 7) is 5.87. The fraction of sp³-hybridized carbons (Fsp3) is 0.474. The van der Waals surface area contributed by atoms with E-state index < -0.39 is 0 Å². The van der Waals surface area contributed by atoms with Gasteiger partial charge in [-0.3, -0.25) is 19.6 Å². The minimum absolute atomic E-state index is 0.0526. The SMILES string of the molecule is COCCNC(=O)CN1CCN(Cc2c(Cl)ccc3cccnc23)CC1. The van der Waals surface area contributed by atoms with Crippen molar-refractivity contribution in [3.8, 4) is 0 Å². The van der Waals surface area contributed by atoms with Crippen LogP contribution in [0, 0.1) is 0 Å². The molecule has 0 saturated carbocycles. The van der Waals surface area contributed by atoms with Crippen LogP contribution >= 0.6 is 11.6 Å². The van der Waals surface area contributed by atoms with Gasteiger partial charge in [0.1, 0.15) is 0 Å². The molecule has 0 radical (unpaired) electrons. The molecule has 1 fully saturated rings. The van der Waals surface area contributed by atoms with Crippen molar-refractivity contribution in [3.05, 3.63) is 41.0 Å². The lowest BCUT2D eigenvalue weighted by Gasteiger charge is -2.34. The number of ether oxygens (including phenoxy) is 1. The summed E-state index contributed by atoms with van der Waals surface area (Å²) in [6.07, 6.45) is 1.81. The summed E-state index contributed by atoms with van der Waals surface area (Å²) in [6, 6.07) is 7.95. The molecule has 0 aliphatic carbocycles. The van der Waals surface area contributed by atoms with Crippen LogP contribution in [0.5, 0.6) is 0 Å². The fourth-order valence-corrected chi connectivity index (χ4v) is 3.42. The second kappa shape index (κ2) is 9.28. The van der Waals surface area contributed by atoms with Gasteiger partial charge in [-0.05, 0) is 12.1 Å². The maximum atomic E-state index is 11.9. The predicted octanol–water partition coefficient (Wildman–Crippen LogP) is 1.77. The van der Waals surface area contributed by atoms with E-state index in [0.717, 1.165) is 54.2 Å². The molecule has 1 amide bonds. The van der Waals surface area contributed by atoms with Gasteiger partial charge in [0.15, 0.2) is 0 Å². The molecule has 0 spiro atoms. The lowest BCUT2D eigenvalue weighted by Crippen LogP contribution is -2.49. The molecule has 2 aromatic rings. The first-order chi connectivity index (χ1) is 12.7. The lowest BCUT2D eigenvalue weighted by atomic mass is 10.1. The summed E-state index contributed by atoms with van der Waals surface area (Å²) in [5.74, 6) is 0.0526. The summed E-state index contributed by atoms with van der Waals surface area (Å²) in [7, 11) is 1.63. The maximum absolute atomic E-state index is 11.9. The second-order valence-corrected chi connectivity index (χ2v) is 6.90. The van der Waals surface area contributed by atoms with Crippen LogP contribution in [0.4, 0.5) is 0 Å². The van der Waals surface area contributed by atoms with Crippen molar-refractivity contribution in [1.82, 2.24) is 20.1 Å². The van der Waals surface area contributed by atoms with Crippen molar-refractivity contribution in [2.45, 2.75) is 6.54 Å². The molecule has 0 bridgehead atoms. The van der Waals surface area contributed by atoms with E-state index in [0.29, 0.717) is 19.7 Å². The number of hydrogen-bond donors (Lipinski definition) is 1. The van der Waals surface area contributed by atoms with Crippen LogP contribution in [0.1, 0.15) is 5.56 Å². The van der Waals surface area contributed by atoms with Crippen molar-refractivity contribution in [2.24, 2.45) is 0 Å². The zero-order valence-electron chi connectivity index (χ0n) is 15.1. The molecule has 7 heteroatoms. The first-order valence-corrected chi connectivity index (χ1v) is 9.27. The van der Waals surface area contributed by atoms with Gasteiger partial charge in [0.05, 0.1) is 18.7 Å². The molecule has 1 aromatic carbocycles. The van der Waals surface area contributed by atoms with E-state index >= 15 is 0 Å². The van der Waals surface area contributed by atoms with E-state index in [4.69, 9.17) is 16.3 Å². The van der Waals surface area contributed by atoms with Crippen LogP contribution in [0.2, 0.25) is 5.02 Å². The number of amides is 1. The summed E-state index contributed by atoms with van der Waals surface area (Å²) < 4.78 is 4.94. The first kappa shape index (κ1) is 19.0. The van der Waals surface area contributed by atoms with Crippen LogP contribution in [-0.4, -0.2) is 73.7 Å². The zero-order chi connectivity index (χ0) is 18.4.